The molecular formula is C10H17N5O. The predicted molar refractivity (Wildman–Crippen MR) is 62.0 cm³/mol. The molecule has 6 heteroatoms. The Balaban J connectivity index is 2.06. The Labute approximate surface area is 94.3 Å². The largest absolute Gasteiger partial charge is 0.396 e. The summed E-state index contributed by atoms with van der Waals surface area (Å²) in [5, 5.41) is 11.8. The number of rotatable bonds is 6. The van der Waals surface area contributed by atoms with Crippen LogP contribution in [-0.4, -0.2) is 28.2 Å². The fraction of sp³-hybridized carbons (Fsp3) is 0.600. The summed E-state index contributed by atoms with van der Waals surface area (Å²) in [6.07, 6.45) is 3.02. The maximum Gasteiger partial charge on any atom is 0.145 e. The van der Waals surface area contributed by atoms with E-state index in [2.05, 4.69) is 20.7 Å². The molecule has 0 spiro atoms. The molecule has 1 fully saturated rings. The number of aromatic nitrogens is 2. The second-order valence-electron chi connectivity index (χ2n) is 3.92. The number of nitrogens with one attached hydrogen (secondary N) is 2. The first-order valence-electron chi connectivity index (χ1n) is 5.54. The molecule has 0 saturated heterocycles. The molecule has 1 aliphatic carbocycles. The fourth-order valence-electron chi connectivity index (χ4n) is 1.45. The molecule has 1 saturated carbocycles. The second-order valence-corrected chi connectivity index (χ2v) is 3.92. The third-order valence-electron chi connectivity index (χ3n) is 2.47. The van der Waals surface area contributed by atoms with Crippen LogP contribution in [0.15, 0.2) is 6.07 Å². The van der Waals surface area contributed by atoms with Crippen LogP contribution in [0.5, 0.6) is 0 Å². The first-order chi connectivity index (χ1) is 7.83. The van der Waals surface area contributed by atoms with Crippen LogP contribution in [0.2, 0.25) is 0 Å². The van der Waals surface area contributed by atoms with Crippen molar-refractivity contribution in [2.45, 2.75) is 25.2 Å². The van der Waals surface area contributed by atoms with Gasteiger partial charge < -0.3 is 15.8 Å². The van der Waals surface area contributed by atoms with Gasteiger partial charge in [0.25, 0.3) is 0 Å². The van der Waals surface area contributed by atoms with Crippen molar-refractivity contribution in [3.8, 4) is 0 Å². The highest BCUT2D eigenvalue weighted by molar-refractivity contribution is 5.47. The van der Waals surface area contributed by atoms with E-state index < -0.39 is 0 Å². The van der Waals surface area contributed by atoms with Gasteiger partial charge in [-0.3, -0.25) is 0 Å². The molecule has 1 aromatic heterocycles. The van der Waals surface area contributed by atoms with Crippen molar-refractivity contribution < 1.29 is 5.11 Å². The number of nitrogens with two attached hydrogens (primary N) is 1. The number of nitrogen functional groups attached to an aromatic ring is 1. The summed E-state index contributed by atoms with van der Waals surface area (Å²) in [5.74, 6) is 8.09. The zero-order valence-corrected chi connectivity index (χ0v) is 9.11. The van der Waals surface area contributed by atoms with E-state index >= 15 is 0 Å². The Morgan fingerprint density at radius 2 is 2.12 bits per heavy atom. The number of hydrogen-bond acceptors (Lipinski definition) is 6. The summed E-state index contributed by atoms with van der Waals surface area (Å²) in [4.78, 5) is 8.72. The maximum atomic E-state index is 8.69. The van der Waals surface area contributed by atoms with Crippen LogP contribution in [-0.2, 0) is 0 Å². The van der Waals surface area contributed by atoms with Gasteiger partial charge in [-0.2, -0.15) is 0 Å². The van der Waals surface area contributed by atoms with E-state index in [0.717, 1.165) is 24.5 Å². The second kappa shape index (κ2) is 5.09. The molecule has 0 radical (unpaired) electrons. The number of aliphatic hydroxyl groups is 1. The van der Waals surface area contributed by atoms with Gasteiger partial charge in [-0.25, -0.2) is 15.8 Å². The molecule has 1 aliphatic rings. The lowest BCUT2D eigenvalue weighted by Gasteiger charge is -2.08. The van der Waals surface area contributed by atoms with E-state index in [4.69, 9.17) is 10.9 Å². The molecule has 0 aliphatic heterocycles. The first kappa shape index (κ1) is 11.1. The Kier molecular flexibility index (Phi) is 3.53. The van der Waals surface area contributed by atoms with Gasteiger partial charge in [0.2, 0.25) is 0 Å². The zero-order chi connectivity index (χ0) is 11.4. The number of hydrogen-bond donors (Lipinski definition) is 4. The third kappa shape index (κ3) is 2.80. The summed E-state index contributed by atoms with van der Waals surface area (Å²) in [5.41, 5.74) is 2.54. The smallest absolute Gasteiger partial charge is 0.145 e. The molecular weight excluding hydrogens is 206 g/mol. The van der Waals surface area contributed by atoms with Crippen molar-refractivity contribution in [3.63, 3.8) is 0 Å². The summed E-state index contributed by atoms with van der Waals surface area (Å²) in [6.45, 7) is 0.872. The Hall–Kier alpha value is -1.40. The van der Waals surface area contributed by atoms with Crippen LogP contribution in [0.4, 0.5) is 11.6 Å². The quantitative estimate of drug-likeness (QED) is 0.317. The van der Waals surface area contributed by atoms with Crippen LogP contribution >= 0.6 is 0 Å². The van der Waals surface area contributed by atoms with E-state index in [9.17, 15) is 0 Å². The summed E-state index contributed by atoms with van der Waals surface area (Å²) < 4.78 is 0. The molecule has 1 heterocycles. The minimum atomic E-state index is 0.176. The Bertz CT molecular complexity index is 353. The average molecular weight is 223 g/mol. The van der Waals surface area contributed by atoms with Gasteiger partial charge in [0.1, 0.15) is 17.5 Å². The monoisotopic (exact) mass is 223 g/mol. The van der Waals surface area contributed by atoms with Crippen LogP contribution < -0.4 is 16.6 Å². The van der Waals surface area contributed by atoms with Crippen LogP contribution in [0.1, 0.15) is 31.0 Å². The molecule has 2 rings (SSSR count). The van der Waals surface area contributed by atoms with Crippen LogP contribution in [0.25, 0.3) is 0 Å². The fourth-order valence-corrected chi connectivity index (χ4v) is 1.45. The van der Waals surface area contributed by atoms with Gasteiger partial charge in [0.15, 0.2) is 0 Å². The average Bonchev–Trinajstić information content (AvgIpc) is 3.13. The highest BCUT2D eigenvalue weighted by Crippen LogP contribution is 2.38. The third-order valence-corrected chi connectivity index (χ3v) is 2.47. The number of nitrogens with zero attached hydrogens (tertiary/aromatic N) is 2. The first-order valence-corrected chi connectivity index (χ1v) is 5.54. The normalized spacial score (nSPS) is 14.9. The molecule has 0 unspecified atom stereocenters. The van der Waals surface area contributed by atoms with Gasteiger partial charge in [0.05, 0.1) is 0 Å². The minimum Gasteiger partial charge on any atom is -0.396 e. The maximum absolute atomic E-state index is 8.69. The summed E-state index contributed by atoms with van der Waals surface area (Å²) >= 11 is 0. The molecule has 16 heavy (non-hydrogen) atoms. The van der Waals surface area contributed by atoms with Gasteiger partial charge in [-0.05, 0) is 19.3 Å². The van der Waals surface area contributed by atoms with Crippen molar-refractivity contribution in [1.29, 1.82) is 0 Å². The van der Waals surface area contributed by atoms with E-state index in [1.165, 1.54) is 0 Å². The summed E-state index contributed by atoms with van der Waals surface area (Å²) in [7, 11) is 0. The molecule has 0 aromatic carbocycles. The topological polar surface area (TPSA) is 96.1 Å². The van der Waals surface area contributed by atoms with Crippen molar-refractivity contribution in [3.05, 3.63) is 11.9 Å². The Morgan fingerprint density at radius 1 is 1.38 bits per heavy atom. The molecule has 0 atom stereocenters. The highest BCUT2D eigenvalue weighted by Gasteiger charge is 2.27. The van der Waals surface area contributed by atoms with Crippen molar-refractivity contribution in [2.75, 3.05) is 23.9 Å². The SMILES string of the molecule is NNc1cc(NCCCO)nc(C2CC2)n1. The van der Waals surface area contributed by atoms with Gasteiger partial charge in [-0.15, -0.1) is 0 Å². The molecule has 88 valence electrons. The van der Waals surface area contributed by atoms with E-state index in [1.807, 2.05) is 0 Å². The predicted octanol–water partition coefficient (Wildman–Crippen LogP) is 0.434. The molecule has 1 aromatic rings. The Morgan fingerprint density at radius 3 is 2.75 bits per heavy atom. The summed E-state index contributed by atoms with van der Waals surface area (Å²) in [6, 6.07) is 1.77. The standard InChI is InChI=1S/C10H17N5O/c11-15-9-6-8(12-4-1-5-16)13-10(14-9)7-2-3-7/h6-7,16H,1-5,11H2,(H2,12,13,14,15). The van der Waals surface area contributed by atoms with Gasteiger partial charge in [0, 0.05) is 25.1 Å². The van der Waals surface area contributed by atoms with Crippen molar-refractivity contribution >= 4 is 11.6 Å². The molecule has 0 bridgehead atoms. The van der Waals surface area contributed by atoms with Crippen LogP contribution in [0.3, 0.4) is 0 Å². The molecule has 6 nitrogen and oxygen atoms in total. The number of anilines is 2. The lowest BCUT2D eigenvalue weighted by Crippen LogP contribution is -2.12. The number of aliphatic hydroxyl groups excluding tert-OH is 1. The lowest BCUT2D eigenvalue weighted by atomic mass is 10.3. The molecule has 5 N–H and O–H groups in total. The molecule has 0 amide bonds. The van der Waals surface area contributed by atoms with E-state index in [1.54, 1.807) is 6.07 Å². The zero-order valence-electron chi connectivity index (χ0n) is 9.11. The highest BCUT2D eigenvalue weighted by atomic mass is 16.3. The lowest BCUT2D eigenvalue weighted by molar-refractivity contribution is 0.292. The van der Waals surface area contributed by atoms with Gasteiger partial charge in [-0.1, -0.05) is 0 Å². The minimum absolute atomic E-state index is 0.176. The van der Waals surface area contributed by atoms with Crippen molar-refractivity contribution in [2.24, 2.45) is 5.84 Å². The van der Waals surface area contributed by atoms with Crippen molar-refractivity contribution in [1.82, 2.24) is 9.97 Å². The van der Waals surface area contributed by atoms with Crippen LogP contribution in [0, 0.1) is 0 Å². The van der Waals surface area contributed by atoms with E-state index in [0.29, 0.717) is 24.7 Å². The van der Waals surface area contributed by atoms with E-state index in [-0.39, 0.29) is 6.61 Å². The van der Waals surface area contributed by atoms with Gasteiger partial charge >= 0.3 is 0 Å². The number of hydrazine groups is 1.